The van der Waals surface area contributed by atoms with Crippen LogP contribution >= 0.6 is 0 Å². The first-order valence-corrected chi connectivity index (χ1v) is 6.50. The van der Waals surface area contributed by atoms with E-state index in [4.69, 9.17) is 5.11 Å². The molecule has 1 aromatic carbocycles. The summed E-state index contributed by atoms with van der Waals surface area (Å²) in [6.45, 7) is 2.21. The SMILES string of the molecule is Cc1ccc(C(=O)N2CCNC(=O)C2CC(=O)O)cc1O. The van der Waals surface area contributed by atoms with Crippen molar-refractivity contribution in [1.29, 1.82) is 0 Å². The average Bonchev–Trinajstić information content (AvgIpc) is 2.43. The van der Waals surface area contributed by atoms with Gasteiger partial charge in [0.1, 0.15) is 11.8 Å². The highest BCUT2D eigenvalue weighted by molar-refractivity contribution is 5.99. The maximum atomic E-state index is 12.4. The molecule has 0 aliphatic carbocycles. The van der Waals surface area contributed by atoms with Crippen molar-refractivity contribution in [3.8, 4) is 5.75 Å². The van der Waals surface area contributed by atoms with E-state index in [2.05, 4.69) is 5.32 Å². The highest BCUT2D eigenvalue weighted by Gasteiger charge is 2.35. The predicted molar refractivity (Wildman–Crippen MR) is 72.9 cm³/mol. The van der Waals surface area contributed by atoms with Gasteiger partial charge in [0, 0.05) is 18.7 Å². The van der Waals surface area contributed by atoms with Crippen molar-refractivity contribution < 1.29 is 24.6 Å². The Labute approximate surface area is 121 Å². The largest absolute Gasteiger partial charge is 0.508 e. The molecule has 7 nitrogen and oxygen atoms in total. The zero-order valence-corrected chi connectivity index (χ0v) is 11.5. The zero-order valence-electron chi connectivity index (χ0n) is 11.5. The molecule has 0 spiro atoms. The number of phenols is 1. The van der Waals surface area contributed by atoms with Crippen LogP contribution in [0.4, 0.5) is 0 Å². The average molecular weight is 292 g/mol. The number of carbonyl (C=O) groups is 3. The Morgan fingerprint density at radius 1 is 1.43 bits per heavy atom. The monoisotopic (exact) mass is 292 g/mol. The Morgan fingerprint density at radius 2 is 2.14 bits per heavy atom. The fourth-order valence-corrected chi connectivity index (χ4v) is 2.23. The fraction of sp³-hybridized carbons (Fsp3) is 0.357. The minimum absolute atomic E-state index is 0.0166. The van der Waals surface area contributed by atoms with Gasteiger partial charge in [0.05, 0.1) is 6.42 Å². The van der Waals surface area contributed by atoms with E-state index in [1.54, 1.807) is 19.1 Å². The smallest absolute Gasteiger partial charge is 0.305 e. The number of piperazine rings is 1. The second-order valence-electron chi connectivity index (χ2n) is 4.90. The van der Waals surface area contributed by atoms with Crippen LogP contribution in [0.5, 0.6) is 5.75 Å². The lowest BCUT2D eigenvalue weighted by Crippen LogP contribution is -2.57. The van der Waals surface area contributed by atoms with Crippen molar-refractivity contribution in [3.05, 3.63) is 29.3 Å². The molecule has 0 aromatic heterocycles. The molecule has 7 heteroatoms. The molecular weight excluding hydrogens is 276 g/mol. The maximum absolute atomic E-state index is 12.4. The van der Waals surface area contributed by atoms with Gasteiger partial charge < -0.3 is 20.4 Å². The van der Waals surface area contributed by atoms with E-state index in [0.717, 1.165) is 0 Å². The lowest BCUT2D eigenvalue weighted by molar-refractivity contribution is -0.142. The molecule has 1 unspecified atom stereocenters. The van der Waals surface area contributed by atoms with Crippen molar-refractivity contribution in [3.63, 3.8) is 0 Å². The summed E-state index contributed by atoms with van der Waals surface area (Å²) < 4.78 is 0. The highest BCUT2D eigenvalue weighted by atomic mass is 16.4. The molecule has 1 aromatic rings. The molecule has 2 amide bonds. The van der Waals surface area contributed by atoms with Crippen molar-refractivity contribution in [1.82, 2.24) is 10.2 Å². The third-order valence-electron chi connectivity index (χ3n) is 3.42. The summed E-state index contributed by atoms with van der Waals surface area (Å²) >= 11 is 0. The molecule has 1 heterocycles. The zero-order chi connectivity index (χ0) is 15.6. The van der Waals surface area contributed by atoms with E-state index in [1.807, 2.05) is 0 Å². The van der Waals surface area contributed by atoms with Crippen LogP contribution < -0.4 is 5.32 Å². The number of benzene rings is 1. The number of nitrogens with zero attached hydrogens (tertiary/aromatic N) is 1. The van der Waals surface area contributed by atoms with Crippen molar-refractivity contribution >= 4 is 17.8 Å². The van der Waals surface area contributed by atoms with Crippen LogP contribution in [-0.2, 0) is 9.59 Å². The van der Waals surface area contributed by atoms with Gasteiger partial charge in [-0.3, -0.25) is 14.4 Å². The number of rotatable bonds is 3. The molecule has 1 fully saturated rings. The number of phenolic OH excluding ortho intramolecular Hbond substituents is 1. The molecule has 112 valence electrons. The maximum Gasteiger partial charge on any atom is 0.305 e. The summed E-state index contributed by atoms with van der Waals surface area (Å²) in [6.07, 6.45) is -0.449. The first kappa shape index (κ1) is 14.8. The standard InChI is InChI=1S/C14H16N2O5/c1-8-2-3-9(6-11(8)17)14(21)16-5-4-15-13(20)10(16)7-12(18)19/h2-3,6,10,17H,4-5,7H2,1H3,(H,15,20)(H,18,19). The van der Waals surface area contributed by atoms with Gasteiger partial charge in [0.2, 0.25) is 5.91 Å². The summed E-state index contributed by atoms with van der Waals surface area (Å²) in [7, 11) is 0. The Morgan fingerprint density at radius 3 is 2.76 bits per heavy atom. The summed E-state index contributed by atoms with van der Waals surface area (Å²) in [6, 6.07) is 3.43. The minimum atomic E-state index is -1.15. The quantitative estimate of drug-likeness (QED) is 0.733. The third-order valence-corrected chi connectivity index (χ3v) is 3.42. The summed E-state index contributed by atoms with van der Waals surface area (Å²) in [5, 5.41) is 21.1. The fourth-order valence-electron chi connectivity index (χ4n) is 2.23. The number of carbonyl (C=O) groups excluding carboxylic acids is 2. The Bertz CT molecular complexity index is 599. The molecule has 1 aliphatic heterocycles. The van der Waals surface area contributed by atoms with E-state index in [-0.39, 0.29) is 24.4 Å². The van der Waals surface area contributed by atoms with E-state index < -0.39 is 30.2 Å². The lowest BCUT2D eigenvalue weighted by atomic mass is 10.1. The van der Waals surface area contributed by atoms with Gasteiger partial charge in [-0.2, -0.15) is 0 Å². The van der Waals surface area contributed by atoms with Crippen LogP contribution in [-0.4, -0.2) is 52.0 Å². The molecule has 0 radical (unpaired) electrons. The van der Waals surface area contributed by atoms with Crippen LogP contribution in [0, 0.1) is 6.92 Å². The van der Waals surface area contributed by atoms with Crippen LogP contribution in [0.25, 0.3) is 0 Å². The van der Waals surface area contributed by atoms with Crippen LogP contribution in [0.15, 0.2) is 18.2 Å². The van der Waals surface area contributed by atoms with Crippen LogP contribution in [0.2, 0.25) is 0 Å². The van der Waals surface area contributed by atoms with E-state index >= 15 is 0 Å². The van der Waals surface area contributed by atoms with E-state index in [9.17, 15) is 19.5 Å². The first-order chi connectivity index (χ1) is 9.90. The van der Waals surface area contributed by atoms with Crippen molar-refractivity contribution in [2.24, 2.45) is 0 Å². The van der Waals surface area contributed by atoms with Gasteiger partial charge in [0.15, 0.2) is 0 Å². The van der Waals surface area contributed by atoms with Crippen LogP contribution in [0.3, 0.4) is 0 Å². The van der Waals surface area contributed by atoms with Gasteiger partial charge in [0.25, 0.3) is 5.91 Å². The number of hydrogen-bond acceptors (Lipinski definition) is 4. The normalized spacial score (nSPS) is 18.2. The van der Waals surface area contributed by atoms with Crippen molar-refractivity contribution in [2.75, 3.05) is 13.1 Å². The lowest BCUT2D eigenvalue weighted by Gasteiger charge is -2.34. The molecule has 21 heavy (non-hydrogen) atoms. The van der Waals surface area contributed by atoms with Crippen LogP contribution in [0.1, 0.15) is 22.3 Å². The summed E-state index contributed by atoms with van der Waals surface area (Å²) in [4.78, 5) is 36.3. The van der Waals surface area contributed by atoms with Gasteiger partial charge >= 0.3 is 5.97 Å². The Hall–Kier alpha value is -2.57. The van der Waals surface area contributed by atoms with E-state index in [1.165, 1.54) is 11.0 Å². The number of carboxylic acids is 1. The summed E-state index contributed by atoms with van der Waals surface area (Å²) in [5.74, 6) is -2.11. The number of aryl methyl sites for hydroxylation is 1. The topological polar surface area (TPSA) is 107 Å². The van der Waals surface area contributed by atoms with Gasteiger partial charge in [-0.05, 0) is 24.6 Å². The number of aromatic hydroxyl groups is 1. The molecule has 3 N–H and O–H groups in total. The first-order valence-electron chi connectivity index (χ1n) is 6.50. The molecule has 0 saturated carbocycles. The van der Waals surface area contributed by atoms with Crippen molar-refractivity contribution in [2.45, 2.75) is 19.4 Å². The second-order valence-corrected chi connectivity index (χ2v) is 4.90. The molecule has 0 bridgehead atoms. The van der Waals surface area contributed by atoms with E-state index in [0.29, 0.717) is 5.56 Å². The number of amides is 2. The second kappa shape index (κ2) is 5.82. The molecule has 2 rings (SSSR count). The molecule has 1 atom stereocenters. The predicted octanol–water partition coefficient (Wildman–Crippen LogP) is 0.116. The molecular formula is C14H16N2O5. The van der Waals surface area contributed by atoms with Gasteiger partial charge in [-0.15, -0.1) is 0 Å². The molecule has 1 aliphatic rings. The third kappa shape index (κ3) is 3.13. The van der Waals surface area contributed by atoms with Gasteiger partial charge in [-0.25, -0.2) is 0 Å². The number of hydrogen-bond donors (Lipinski definition) is 3. The van der Waals surface area contributed by atoms with Gasteiger partial charge in [-0.1, -0.05) is 6.07 Å². The number of nitrogens with one attached hydrogen (secondary N) is 1. The highest BCUT2D eigenvalue weighted by Crippen LogP contribution is 2.20. The number of carboxylic acid groups (broad SMARTS) is 1. The Balaban J connectivity index is 2.27. The Kier molecular flexibility index (Phi) is 4.11. The summed E-state index contributed by atoms with van der Waals surface area (Å²) in [5.41, 5.74) is 0.855. The number of aliphatic carboxylic acids is 1. The molecule has 1 saturated heterocycles. The minimum Gasteiger partial charge on any atom is -0.508 e.